The van der Waals surface area contributed by atoms with Crippen molar-refractivity contribution >= 4 is 28.0 Å². The number of rotatable bonds is 14. The predicted molar refractivity (Wildman–Crippen MR) is 134 cm³/mol. The number of hydrogen-bond acceptors (Lipinski definition) is 13. The molecule has 15 heteroatoms. The standard InChI is InChI=1S/C25H26N2O12S/c1-3-35-25(29)38-20-11-9-18(17-21(20)33-2)10-12-22(28)36-15-13-34-14-16-37-23-24(27(30)39-26-23)40(31,32)19-7-5-4-6-8-19/h4-12,17H,3,13-16H2,1-2H3/b12-10+. The lowest BCUT2D eigenvalue weighted by Gasteiger charge is -2.09. The summed E-state index contributed by atoms with van der Waals surface area (Å²) in [5, 5.41) is 14.4. The monoisotopic (exact) mass is 578 g/mol. The molecule has 0 fully saturated rings. The quantitative estimate of drug-likeness (QED) is 0.0896. The Balaban J connectivity index is 1.40. The molecule has 0 unspecified atom stereocenters. The third-order valence-corrected chi connectivity index (χ3v) is 6.57. The van der Waals surface area contributed by atoms with Crippen molar-refractivity contribution in [2.75, 3.05) is 40.1 Å². The van der Waals surface area contributed by atoms with Crippen LogP contribution in [0.3, 0.4) is 0 Å². The molecular formula is C25H26N2O12S. The van der Waals surface area contributed by atoms with Gasteiger partial charge in [0.05, 0.1) is 37.0 Å². The van der Waals surface area contributed by atoms with Gasteiger partial charge in [0.2, 0.25) is 0 Å². The minimum atomic E-state index is -4.22. The van der Waals surface area contributed by atoms with E-state index < -0.39 is 32.9 Å². The highest BCUT2D eigenvalue weighted by Crippen LogP contribution is 2.29. The molecule has 1 heterocycles. The molecule has 0 atom stereocenters. The van der Waals surface area contributed by atoms with Crippen LogP contribution in [0.5, 0.6) is 17.4 Å². The number of aromatic nitrogens is 2. The molecule has 14 nitrogen and oxygen atoms in total. The molecule has 0 aliphatic heterocycles. The van der Waals surface area contributed by atoms with E-state index in [1.165, 1.54) is 49.6 Å². The Kier molecular flexibility index (Phi) is 10.8. The number of hydrogen-bond donors (Lipinski definition) is 0. The number of sulfone groups is 1. The van der Waals surface area contributed by atoms with E-state index in [1.54, 1.807) is 25.1 Å². The van der Waals surface area contributed by atoms with Gasteiger partial charge in [-0.3, -0.25) is 4.63 Å². The molecule has 0 saturated carbocycles. The molecule has 0 aliphatic rings. The van der Waals surface area contributed by atoms with Gasteiger partial charge in [-0.05, 0) is 47.7 Å². The van der Waals surface area contributed by atoms with E-state index in [0.29, 0.717) is 5.56 Å². The second-order valence-corrected chi connectivity index (χ2v) is 9.38. The number of methoxy groups -OCH3 is 1. The van der Waals surface area contributed by atoms with E-state index in [1.807, 2.05) is 0 Å². The van der Waals surface area contributed by atoms with Crippen molar-refractivity contribution in [3.8, 4) is 17.4 Å². The average molecular weight is 579 g/mol. The van der Waals surface area contributed by atoms with Gasteiger partial charge in [0.15, 0.2) is 11.5 Å². The zero-order valence-electron chi connectivity index (χ0n) is 21.5. The Morgan fingerprint density at radius 2 is 1.77 bits per heavy atom. The second kappa shape index (κ2) is 14.5. The van der Waals surface area contributed by atoms with Crippen LogP contribution < -0.4 is 19.1 Å². The van der Waals surface area contributed by atoms with E-state index >= 15 is 0 Å². The first-order chi connectivity index (χ1) is 19.3. The maximum Gasteiger partial charge on any atom is 0.513 e. The SMILES string of the molecule is CCOC(=O)Oc1ccc(/C=C/C(=O)OCCOCCOc2no[n+]([O-])c2S(=O)(=O)c2ccccc2)cc1OC. The van der Waals surface area contributed by atoms with Crippen molar-refractivity contribution in [3.05, 3.63) is 65.4 Å². The fourth-order valence-corrected chi connectivity index (χ4v) is 4.36. The first-order valence-electron chi connectivity index (χ1n) is 11.7. The summed E-state index contributed by atoms with van der Waals surface area (Å²) in [6.07, 6.45) is 1.81. The molecule has 0 N–H and O–H groups in total. The zero-order chi connectivity index (χ0) is 29.0. The van der Waals surface area contributed by atoms with E-state index in [9.17, 15) is 23.2 Å². The van der Waals surface area contributed by atoms with Gasteiger partial charge in [0, 0.05) is 6.08 Å². The first-order valence-corrected chi connectivity index (χ1v) is 13.2. The van der Waals surface area contributed by atoms with Crippen LogP contribution in [0.1, 0.15) is 12.5 Å². The summed E-state index contributed by atoms with van der Waals surface area (Å²) in [5.41, 5.74) is 0.583. The van der Waals surface area contributed by atoms with E-state index in [0.717, 1.165) is 0 Å². The van der Waals surface area contributed by atoms with Gasteiger partial charge in [0.25, 0.3) is 9.84 Å². The van der Waals surface area contributed by atoms with Crippen LogP contribution in [0.4, 0.5) is 4.79 Å². The summed E-state index contributed by atoms with van der Waals surface area (Å²) in [7, 11) is -2.82. The van der Waals surface area contributed by atoms with Crippen LogP contribution in [0.15, 0.2) is 69.2 Å². The Labute approximate surface area is 229 Å². The highest BCUT2D eigenvalue weighted by atomic mass is 32.2. The van der Waals surface area contributed by atoms with Crippen LogP contribution in [0.2, 0.25) is 0 Å². The third kappa shape index (κ3) is 8.18. The number of nitrogens with zero attached hydrogens (tertiary/aromatic N) is 2. The fourth-order valence-electron chi connectivity index (χ4n) is 3.06. The van der Waals surface area contributed by atoms with Crippen molar-refractivity contribution < 1.29 is 56.0 Å². The van der Waals surface area contributed by atoms with Gasteiger partial charge < -0.3 is 33.6 Å². The van der Waals surface area contributed by atoms with Gasteiger partial charge in [-0.25, -0.2) is 18.0 Å². The summed E-state index contributed by atoms with van der Waals surface area (Å²) in [6.45, 7) is 1.58. The Hall–Kier alpha value is -4.63. The van der Waals surface area contributed by atoms with E-state index in [-0.39, 0.29) is 54.3 Å². The molecular weight excluding hydrogens is 552 g/mol. The summed E-state index contributed by atoms with van der Waals surface area (Å²) < 4.78 is 60.4. The van der Waals surface area contributed by atoms with Gasteiger partial charge in [-0.1, -0.05) is 24.3 Å². The second-order valence-electron chi connectivity index (χ2n) is 7.51. The normalized spacial score (nSPS) is 11.2. The van der Waals surface area contributed by atoms with Crippen LogP contribution >= 0.6 is 0 Å². The number of carbonyl (C=O) groups is 2. The molecule has 3 rings (SSSR count). The topological polar surface area (TPSA) is 177 Å². The van der Waals surface area contributed by atoms with Gasteiger partial charge in [-0.2, -0.15) is 0 Å². The molecule has 0 aliphatic carbocycles. The zero-order valence-corrected chi connectivity index (χ0v) is 22.3. The lowest BCUT2D eigenvalue weighted by molar-refractivity contribution is -0.832. The van der Waals surface area contributed by atoms with Crippen molar-refractivity contribution in [3.63, 3.8) is 0 Å². The average Bonchev–Trinajstić information content (AvgIpc) is 3.33. The molecule has 214 valence electrons. The predicted octanol–water partition coefficient (Wildman–Crippen LogP) is 2.34. The molecule has 3 aromatic rings. The molecule has 0 radical (unpaired) electrons. The van der Waals surface area contributed by atoms with Crippen LogP contribution in [0, 0.1) is 5.21 Å². The number of ether oxygens (including phenoxy) is 6. The molecule has 2 aromatic carbocycles. The maximum atomic E-state index is 12.7. The molecule has 1 aromatic heterocycles. The molecule has 0 spiro atoms. The summed E-state index contributed by atoms with van der Waals surface area (Å²) >= 11 is 0. The lowest BCUT2D eigenvalue weighted by atomic mass is 10.2. The highest BCUT2D eigenvalue weighted by molar-refractivity contribution is 7.91. The minimum Gasteiger partial charge on any atom is -0.493 e. The molecule has 0 bridgehead atoms. The van der Waals surface area contributed by atoms with Crippen LogP contribution in [-0.2, 0) is 28.8 Å². The largest absolute Gasteiger partial charge is 0.513 e. The fraction of sp³-hybridized carbons (Fsp3) is 0.280. The van der Waals surface area contributed by atoms with Crippen molar-refractivity contribution in [1.82, 2.24) is 5.16 Å². The Morgan fingerprint density at radius 3 is 2.50 bits per heavy atom. The molecule has 0 amide bonds. The smallest absolute Gasteiger partial charge is 0.493 e. The third-order valence-electron chi connectivity index (χ3n) is 4.85. The van der Waals surface area contributed by atoms with Crippen LogP contribution in [-0.4, -0.2) is 65.8 Å². The Morgan fingerprint density at radius 1 is 1.02 bits per heavy atom. The summed E-state index contributed by atoms with van der Waals surface area (Å²) in [5.74, 6) is -0.716. The van der Waals surface area contributed by atoms with Crippen molar-refractivity contribution in [2.45, 2.75) is 16.8 Å². The molecule has 0 saturated heterocycles. The Bertz CT molecular complexity index is 1420. The van der Waals surface area contributed by atoms with Crippen LogP contribution in [0.25, 0.3) is 6.08 Å². The highest BCUT2D eigenvalue weighted by Gasteiger charge is 2.35. The van der Waals surface area contributed by atoms with Gasteiger partial charge >= 0.3 is 23.0 Å². The first kappa shape index (κ1) is 29.9. The lowest BCUT2D eigenvalue weighted by Crippen LogP contribution is -2.31. The number of carbonyl (C=O) groups excluding carboxylic acids is 2. The summed E-state index contributed by atoms with van der Waals surface area (Å²) in [4.78, 5) is 23.1. The van der Waals surface area contributed by atoms with Crippen molar-refractivity contribution in [2.24, 2.45) is 0 Å². The molecule has 40 heavy (non-hydrogen) atoms. The van der Waals surface area contributed by atoms with E-state index in [4.69, 9.17) is 28.4 Å². The minimum absolute atomic E-state index is 0.0200. The van der Waals surface area contributed by atoms with E-state index in [2.05, 4.69) is 9.79 Å². The number of esters is 1. The van der Waals surface area contributed by atoms with Crippen molar-refractivity contribution in [1.29, 1.82) is 0 Å². The maximum absolute atomic E-state index is 12.7. The number of benzene rings is 2. The summed E-state index contributed by atoms with van der Waals surface area (Å²) in [6, 6.07) is 11.9. The van der Waals surface area contributed by atoms with Gasteiger partial charge in [-0.15, -0.1) is 0 Å². The van der Waals surface area contributed by atoms with Gasteiger partial charge in [0.1, 0.15) is 13.2 Å².